The van der Waals surface area contributed by atoms with E-state index in [2.05, 4.69) is 0 Å². The first-order valence-electron chi connectivity index (χ1n) is 0.717. The molecule has 0 atom stereocenters. The van der Waals surface area contributed by atoms with Gasteiger partial charge in [-0.15, -0.1) is 0 Å². The first kappa shape index (κ1) is 13.0. The van der Waals surface area contributed by atoms with Crippen LogP contribution in [-0.4, -0.2) is 0 Å². The number of hydrogen-bond donors (Lipinski definition) is 0. The molecular weight excluding hydrogens is 420 g/mol. The molecule has 0 rings (SSSR count). The molecule has 0 saturated carbocycles. The number of hydrogen-bond acceptors (Lipinski definition) is 0. The molecular formula is CH4Cl6Pt-2. The van der Waals surface area contributed by atoms with Gasteiger partial charge in [-0.2, -0.15) is 0 Å². The van der Waals surface area contributed by atoms with E-state index in [1.807, 2.05) is 0 Å². The van der Waals surface area contributed by atoms with Gasteiger partial charge in [0.2, 0.25) is 0 Å². The van der Waals surface area contributed by atoms with Crippen LogP contribution in [0.5, 0.6) is 0 Å². The van der Waals surface area contributed by atoms with E-state index in [9.17, 15) is 0 Å². The Morgan fingerprint density at radius 1 is 0.625 bits per heavy atom. The van der Waals surface area contributed by atoms with Gasteiger partial charge in [0.25, 0.3) is 0 Å². The van der Waals surface area contributed by atoms with Crippen LogP contribution in [0.1, 0.15) is 7.43 Å². The summed E-state index contributed by atoms with van der Waals surface area (Å²) in [6.45, 7) is 0. The molecule has 0 amide bonds. The Hall–Kier alpha value is 2.43. The summed E-state index contributed by atoms with van der Waals surface area (Å²) < 4.78 is 0. The second-order valence-electron chi connectivity index (χ2n) is 0.678. The predicted molar refractivity (Wildman–Crippen MR) is 41.8 cm³/mol. The summed E-state index contributed by atoms with van der Waals surface area (Å²) in [6, 6.07) is 0. The summed E-state index contributed by atoms with van der Waals surface area (Å²) in [4.78, 5) is 0. The Morgan fingerprint density at radius 3 is 0.625 bits per heavy atom. The number of rotatable bonds is 0. The average molecular weight is 424 g/mol. The second-order valence-corrected chi connectivity index (χ2v) is 49.9. The molecule has 0 aliphatic heterocycles. The fourth-order valence-corrected chi connectivity index (χ4v) is 0. The fraction of sp³-hybridized carbons (Fsp3) is 1.00. The van der Waals surface area contributed by atoms with E-state index in [-0.39, 0.29) is 7.43 Å². The molecule has 0 aliphatic carbocycles. The predicted octanol–water partition coefficient (Wildman–Crippen LogP) is 4.77. The van der Waals surface area contributed by atoms with E-state index in [0.717, 1.165) is 0 Å². The van der Waals surface area contributed by atoms with E-state index >= 15 is 0 Å². The molecule has 0 spiro atoms. The molecule has 0 N–H and O–H groups in total. The third-order valence-electron chi connectivity index (χ3n) is 0. The van der Waals surface area contributed by atoms with Crippen molar-refractivity contribution in [3.05, 3.63) is 0 Å². The summed E-state index contributed by atoms with van der Waals surface area (Å²) in [5, 5.41) is 0. The van der Waals surface area contributed by atoms with Crippen molar-refractivity contribution in [1.29, 1.82) is 0 Å². The molecule has 0 bridgehead atoms. The van der Waals surface area contributed by atoms with Gasteiger partial charge in [-0.05, 0) is 0 Å². The van der Waals surface area contributed by atoms with Crippen molar-refractivity contribution in [2.75, 3.05) is 0 Å². The Labute approximate surface area is 70.4 Å². The van der Waals surface area contributed by atoms with Gasteiger partial charge < -0.3 is 0 Å². The summed E-state index contributed by atoms with van der Waals surface area (Å²) in [5.74, 6) is 0. The molecule has 0 fully saturated rings. The molecule has 0 aromatic carbocycles. The molecule has 0 aliphatic rings. The van der Waals surface area contributed by atoms with E-state index in [1.165, 1.54) is 0 Å². The molecule has 0 saturated heterocycles. The van der Waals surface area contributed by atoms with Crippen molar-refractivity contribution in [3.63, 3.8) is 0 Å². The van der Waals surface area contributed by atoms with Crippen molar-refractivity contribution < 1.29 is 7.31 Å². The van der Waals surface area contributed by atoms with Crippen LogP contribution in [0.3, 0.4) is 0 Å². The zero-order chi connectivity index (χ0) is 6.41. The molecule has 7 heteroatoms. The van der Waals surface area contributed by atoms with E-state index < -0.39 is 7.31 Å². The van der Waals surface area contributed by atoms with Gasteiger partial charge in [0.1, 0.15) is 0 Å². The van der Waals surface area contributed by atoms with Gasteiger partial charge in [-0.1, -0.05) is 7.43 Å². The van der Waals surface area contributed by atoms with Crippen molar-refractivity contribution in [2.24, 2.45) is 0 Å². The van der Waals surface area contributed by atoms with Crippen molar-refractivity contribution in [3.8, 4) is 0 Å². The van der Waals surface area contributed by atoms with E-state index in [0.29, 0.717) is 0 Å². The summed E-state index contributed by atoms with van der Waals surface area (Å²) >= 11 is 0. The first-order chi connectivity index (χ1) is 2.45. The van der Waals surface area contributed by atoms with Crippen LogP contribution in [0.4, 0.5) is 0 Å². The SMILES string of the molecule is C.[Cl][Pt-2]([Cl])([Cl])([Cl])([Cl])[Cl]. The van der Waals surface area contributed by atoms with E-state index in [4.69, 9.17) is 56.5 Å². The quantitative estimate of drug-likeness (QED) is 0.526. The van der Waals surface area contributed by atoms with Crippen molar-refractivity contribution in [2.45, 2.75) is 7.43 Å². The zero-order valence-electron chi connectivity index (χ0n) is 2.58. The molecule has 0 unspecified atom stereocenters. The number of halogens is 6. The van der Waals surface area contributed by atoms with Crippen LogP contribution in [0, 0.1) is 0 Å². The molecule has 0 heterocycles. The minimum atomic E-state index is -5.29. The topological polar surface area (TPSA) is 0 Å². The third kappa shape index (κ3) is 78.9. The fourth-order valence-electron chi connectivity index (χ4n) is 0. The van der Waals surface area contributed by atoms with Gasteiger partial charge in [0.05, 0.1) is 0 Å². The second kappa shape index (κ2) is 2.20. The van der Waals surface area contributed by atoms with Gasteiger partial charge in [0, 0.05) is 0 Å². The maximum atomic E-state index is 5.05. The van der Waals surface area contributed by atoms with E-state index in [1.54, 1.807) is 0 Å². The molecule has 0 nitrogen and oxygen atoms in total. The van der Waals surface area contributed by atoms with Crippen molar-refractivity contribution in [1.82, 2.24) is 0 Å². The van der Waals surface area contributed by atoms with Crippen LogP contribution in [0.25, 0.3) is 0 Å². The normalized spacial score (nSPS) is 20.2. The van der Waals surface area contributed by atoms with Gasteiger partial charge in [0.15, 0.2) is 0 Å². The van der Waals surface area contributed by atoms with Gasteiger partial charge >= 0.3 is 63.8 Å². The molecule has 0 aromatic rings. The monoisotopic (exact) mass is 421 g/mol. The standard InChI is InChI=1S/CH4.6ClH.Pt/h1H4;6*1H;/q;;;;;;;+4/p-6. The van der Waals surface area contributed by atoms with Crippen molar-refractivity contribution >= 4 is 56.5 Å². The van der Waals surface area contributed by atoms with Crippen LogP contribution in [0.2, 0.25) is 0 Å². The molecule has 62 valence electrons. The maximum absolute atomic E-state index is 5.29. The first-order valence-corrected chi connectivity index (χ1v) is 17.6. The summed E-state index contributed by atoms with van der Waals surface area (Å²) in [7, 11) is 25.0. The van der Waals surface area contributed by atoms with Gasteiger partial charge in [-0.25, -0.2) is 0 Å². The van der Waals surface area contributed by atoms with Crippen LogP contribution in [-0.2, 0) is 7.31 Å². The molecule has 8 heavy (non-hydrogen) atoms. The molecule has 0 radical (unpaired) electrons. The Morgan fingerprint density at radius 2 is 0.625 bits per heavy atom. The van der Waals surface area contributed by atoms with Crippen LogP contribution >= 0.6 is 56.5 Å². The average Bonchev–Trinajstić information content (AvgIpc) is 0.592. The summed E-state index contributed by atoms with van der Waals surface area (Å²) in [5.41, 5.74) is 0. The summed E-state index contributed by atoms with van der Waals surface area (Å²) in [6.07, 6.45) is 0. The molecule has 0 aromatic heterocycles. The van der Waals surface area contributed by atoms with Gasteiger partial charge in [-0.3, -0.25) is 0 Å². The Bertz CT molecular complexity index is 67.1. The Kier molecular flexibility index (Phi) is 3.60. The Balaban J connectivity index is 0. The third-order valence-corrected chi connectivity index (χ3v) is 0. The van der Waals surface area contributed by atoms with Crippen LogP contribution in [0.15, 0.2) is 0 Å². The zero-order valence-corrected chi connectivity index (χ0v) is 9.39. The minimum absolute atomic E-state index is 0. The van der Waals surface area contributed by atoms with Crippen LogP contribution < -0.4 is 0 Å².